The van der Waals surface area contributed by atoms with Gasteiger partial charge in [-0.15, -0.1) is 0 Å². The van der Waals surface area contributed by atoms with E-state index < -0.39 is 6.10 Å². The molecule has 0 aliphatic rings. The lowest BCUT2D eigenvalue weighted by Crippen LogP contribution is -2.25. The van der Waals surface area contributed by atoms with Gasteiger partial charge in [0.05, 0.1) is 6.54 Å². The predicted molar refractivity (Wildman–Crippen MR) is 90.8 cm³/mol. The van der Waals surface area contributed by atoms with Crippen molar-refractivity contribution >= 4 is 0 Å². The predicted octanol–water partition coefficient (Wildman–Crippen LogP) is 2.97. The van der Waals surface area contributed by atoms with Gasteiger partial charge >= 0.3 is 0 Å². The maximum Gasteiger partial charge on any atom is 0.150 e. The lowest BCUT2D eigenvalue weighted by Gasteiger charge is -2.17. The molecule has 126 valence electrons. The minimum absolute atomic E-state index is 0.244. The van der Waals surface area contributed by atoms with Crippen LogP contribution >= 0.6 is 0 Å². The van der Waals surface area contributed by atoms with Crippen LogP contribution in [0, 0.1) is 0 Å². The molecule has 2 rings (SSSR count). The van der Waals surface area contributed by atoms with Gasteiger partial charge in [-0.25, -0.2) is 9.67 Å². The van der Waals surface area contributed by atoms with Gasteiger partial charge in [0.2, 0.25) is 0 Å². The molecule has 0 amide bonds. The van der Waals surface area contributed by atoms with Crippen LogP contribution in [0.5, 0.6) is 5.75 Å². The highest BCUT2D eigenvalue weighted by atomic mass is 16.5. The van der Waals surface area contributed by atoms with E-state index in [1.54, 1.807) is 4.68 Å². The average molecular weight is 317 g/mol. The molecular formula is C18H27N3O2. The van der Waals surface area contributed by atoms with Gasteiger partial charge in [-0.05, 0) is 17.5 Å². The van der Waals surface area contributed by atoms with Crippen molar-refractivity contribution in [3.05, 3.63) is 41.5 Å². The number of rotatable bonds is 8. The van der Waals surface area contributed by atoms with Crippen LogP contribution in [0.15, 0.2) is 24.3 Å². The number of aromatic nitrogens is 3. The second-order valence-electron chi connectivity index (χ2n) is 5.99. The summed E-state index contributed by atoms with van der Waals surface area (Å²) in [7, 11) is 0. The number of aryl methyl sites for hydroxylation is 2. The Kier molecular flexibility index (Phi) is 6.16. The van der Waals surface area contributed by atoms with Gasteiger partial charge in [0.15, 0.2) is 5.82 Å². The molecule has 1 aromatic heterocycles. The first-order valence-electron chi connectivity index (χ1n) is 8.37. The summed E-state index contributed by atoms with van der Waals surface area (Å²) >= 11 is 0. The minimum Gasteiger partial charge on any atom is -0.491 e. The molecule has 0 spiro atoms. The van der Waals surface area contributed by atoms with Crippen molar-refractivity contribution in [2.24, 2.45) is 0 Å². The molecule has 1 unspecified atom stereocenters. The maximum absolute atomic E-state index is 10.3. The molecule has 5 heteroatoms. The lowest BCUT2D eigenvalue weighted by molar-refractivity contribution is 0.0878. The third-order valence-corrected chi connectivity index (χ3v) is 3.78. The van der Waals surface area contributed by atoms with Gasteiger partial charge < -0.3 is 9.84 Å². The molecule has 0 radical (unpaired) electrons. The van der Waals surface area contributed by atoms with Gasteiger partial charge in [0.25, 0.3) is 0 Å². The molecule has 0 fully saturated rings. The lowest BCUT2D eigenvalue weighted by atomic mass is 10.0. The van der Waals surface area contributed by atoms with E-state index in [0.717, 1.165) is 35.8 Å². The summed E-state index contributed by atoms with van der Waals surface area (Å²) < 4.78 is 7.62. The number of benzene rings is 1. The van der Waals surface area contributed by atoms with E-state index in [4.69, 9.17) is 4.74 Å². The van der Waals surface area contributed by atoms with Crippen LogP contribution in [0.3, 0.4) is 0 Å². The van der Waals surface area contributed by atoms with Crippen LogP contribution in [-0.2, 0) is 19.4 Å². The zero-order chi connectivity index (χ0) is 16.8. The van der Waals surface area contributed by atoms with E-state index in [2.05, 4.69) is 30.0 Å². The first-order valence-corrected chi connectivity index (χ1v) is 8.37. The number of para-hydroxylation sites is 1. The Morgan fingerprint density at radius 2 is 1.91 bits per heavy atom. The standard InChI is InChI=1S/C18H27N3O2/c1-5-17-19-18(6-2)21(20-17)11-14(22)12-23-16-10-8-7-9-15(16)13(3)4/h7-10,13-14,22H,5-6,11-12H2,1-4H3. The van der Waals surface area contributed by atoms with Gasteiger partial charge in [0.1, 0.15) is 24.3 Å². The summed E-state index contributed by atoms with van der Waals surface area (Å²) in [5.74, 6) is 2.95. The highest BCUT2D eigenvalue weighted by Gasteiger charge is 2.14. The van der Waals surface area contributed by atoms with Crippen molar-refractivity contribution in [1.29, 1.82) is 0 Å². The summed E-state index contributed by atoms with van der Waals surface area (Å²) in [6.07, 6.45) is 0.984. The number of nitrogens with zero attached hydrogens (tertiary/aromatic N) is 3. The fourth-order valence-electron chi connectivity index (χ4n) is 2.51. The molecule has 1 aromatic carbocycles. The molecule has 0 aliphatic heterocycles. The minimum atomic E-state index is -0.619. The van der Waals surface area contributed by atoms with Crippen LogP contribution < -0.4 is 4.74 Å². The Hall–Kier alpha value is -1.88. The van der Waals surface area contributed by atoms with E-state index >= 15 is 0 Å². The summed E-state index contributed by atoms with van der Waals surface area (Å²) in [6, 6.07) is 7.97. The molecule has 1 atom stereocenters. The third-order valence-electron chi connectivity index (χ3n) is 3.78. The van der Waals surface area contributed by atoms with Gasteiger partial charge in [0, 0.05) is 12.8 Å². The molecule has 0 bridgehead atoms. The number of ether oxygens (including phenoxy) is 1. The molecular weight excluding hydrogens is 290 g/mol. The normalized spacial score (nSPS) is 12.6. The molecule has 0 aliphatic carbocycles. The first-order chi connectivity index (χ1) is 11.0. The maximum atomic E-state index is 10.3. The molecule has 1 N–H and O–H groups in total. The van der Waals surface area contributed by atoms with Crippen LogP contribution in [0.4, 0.5) is 0 Å². The Morgan fingerprint density at radius 1 is 1.17 bits per heavy atom. The highest BCUT2D eigenvalue weighted by molar-refractivity contribution is 5.35. The number of aliphatic hydroxyl groups is 1. The summed E-state index contributed by atoms with van der Waals surface area (Å²) in [5.41, 5.74) is 1.16. The van der Waals surface area contributed by atoms with Gasteiger partial charge in [-0.2, -0.15) is 5.10 Å². The molecule has 0 saturated heterocycles. The Labute approximate surface area is 138 Å². The van der Waals surface area contributed by atoms with Crippen LogP contribution in [-0.4, -0.2) is 32.6 Å². The van der Waals surface area contributed by atoms with Crippen LogP contribution in [0.25, 0.3) is 0 Å². The Bertz CT molecular complexity index is 622. The molecule has 5 nitrogen and oxygen atoms in total. The average Bonchev–Trinajstić information content (AvgIpc) is 2.95. The van der Waals surface area contributed by atoms with Crippen molar-refractivity contribution in [1.82, 2.24) is 14.8 Å². The SMILES string of the molecule is CCc1nc(CC)n(CC(O)COc2ccccc2C(C)C)n1. The zero-order valence-electron chi connectivity index (χ0n) is 14.5. The smallest absolute Gasteiger partial charge is 0.150 e. The molecule has 0 saturated carbocycles. The van der Waals surface area contributed by atoms with Crippen LogP contribution in [0.2, 0.25) is 0 Å². The number of hydrogen-bond donors (Lipinski definition) is 1. The van der Waals surface area contributed by atoms with Crippen molar-refractivity contribution in [2.75, 3.05) is 6.61 Å². The van der Waals surface area contributed by atoms with E-state index in [9.17, 15) is 5.11 Å². The second-order valence-corrected chi connectivity index (χ2v) is 5.99. The van der Waals surface area contributed by atoms with E-state index in [0.29, 0.717) is 12.5 Å². The Balaban J connectivity index is 1.98. The van der Waals surface area contributed by atoms with Gasteiger partial charge in [-0.3, -0.25) is 0 Å². The van der Waals surface area contributed by atoms with Crippen LogP contribution in [0.1, 0.15) is 50.8 Å². The Morgan fingerprint density at radius 3 is 2.57 bits per heavy atom. The summed E-state index contributed by atoms with van der Waals surface area (Å²) in [6.45, 7) is 8.99. The van der Waals surface area contributed by atoms with E-state index in [1.807, 2.05) is 32.0 Å². The fourth-order valence-corrected chi connectivity index (χ4v) is 2.51. The van der Waals surface area contributed by atoms with E-state index in [1.165, 1.54) is 0 Å². The number of hydrogen-bond acceptors (Lipinski definition) is 4. The fraction of sp³-hybridized carbons (Fsp3) is 0.556. The first kappa shape index (κ1) is 17.5. The highest BCUT2D eigenvalue weighted by Crippen LogP contribution is 2.25. The zero-order valence-corrected chi connectivity index (χ0v) is 14.5. The largest absolute Gasteiger partial charge is 0.491 e. The molecule has 23 heavy (non-hydrogen) atoms. The second kappa shape index (κ2) is 8.11. The van der Waals surface area contributed by atoms with Gasteiger partial charge in [-0.1, -0.05) is 45.9 Å². The number of aliphatic hydroxyl groups excluding tert-OH is 1. The van der Waals surface area contributed by atoms with E-state index in [-0.39, 0.29) is 6.61 Å². The summed E-state index contributed by atoms with van der Waals surface area (Å²) in [5, 5.41) is 14.7. The monoisotopic (exact) mass is 317 g/mol. The molecule has 1 heterocycles. The quantitative estimate of drug-likeness (QED) is 0.813. The topological polar surface area (TPSA) is 60.2 Å². The van der Waals surface area contributed by atoms with Crippen molar-refractivity contribution in [3.8, 4) is 5.75 Å². The van der Waals surface area contributed by atoms with Crippen molar-refractivity contribution in [2.45, 2.75) is 59.1 Å². The van der Waals surface area contributed by atoms with Crippen molar-refractivity contribution < 1.29 is 9.84 Å². The molecule has 2 aromatic rings. The summed E-state index contributed by atoms with van der Waals surface area (Å²) in [4.78, 5) is 4.46. The van der Waals surface area contributed by atoms with Crippen molar-refractivity contribution in [3.63, 3.8) is 0 Å². The third kappa shape index (κ3) is 4.55.